The largest absolute Gasteiger partial charge is 0.496 e. The summed E-state index contributed by atoms with van der Waals surface area (Å²) in [5.41, 5.74) is 2.73. The Labute approximate surface area is 108 Å². The van der Waals surface area contributed by atoms with Gasteiger partial charge in [0.25, 0.3) is 0 Å². The minimum atomic E-state index is 0. The summed E-state index contributed by atoms with van der Waals surface area (Å²) in [6, 6.07) is 6.79. The Morgan fingerprint density at radius 3 is 3.06 bits per heavy atom. The number of halogens is 1. The summed E-state index contributed by atoms with van der Waals surface area (Å²) < 4.78 is 11.2. The number of rotatable bonds is 1. The molecular formula is C13H18ClNO2. The summed E-state index contributed by atoms with van der Waals surface area (Å²) in [4.78, 5) is 0. The Morgan fingerprint density at radius 2 is 2.24 bits per heavy atom. The molecule has 1 fully saturated rings. The zero-order valence-electron chi connectivity index (χ0n) is 9.94. The third-order valence-corrected chi connectivity index (χ3v) is 3.58. The number of ether oxygens (including phenoxy) is 2. The maximum absolute atomic E-state index is 5.82. The van der Waals surface area contributed by atoms with Gasteiger partial charge in [0, 0.05) is 19.0 Å². The number of methoxy groups -OCH3 is 1. The first-order chi connectivity index (χ1) is 7.88. The normalized spacial score (nSPS) is 26.4. The first-order valence-electron chi connectivity index (χ1n) is 5.88. The molecular weight excluding hydrogens is 238 g/mol. The van der Waals surface area contributed by atoms with Gasteiger partial charge < -0.3 is 14.8 Å². The van der Waals surface area contributed by atoms with Crippen molar-refractivity contribution in [2.24, 2.45) is 0 Å². The zero-order valence-corrected chi connectivity index (χ0v) is 10.8. The molecule has 0 amide bonds. The summed E-state index contributed by atoms with van der Waals surface area (Å²) in [5, 5.41) is 3.53. The third-order valence-electron chi connectivity index (χ3n) is 3.58. The number of benzene rings is 1. The molecule has 94 valence electrons. The summed E-state index contributed by atoms with van der Waals surface area (Å²) in [6.07, 6.45) is 2.34. The fourth-order valence-corrected chi connectivity index (χ4v) is 2.77. The van der Waals surface area contributed by atoms with E-state index >= 15 is 0 Å². The monoisotopic (exact) mass is 255 g/mol. The van der Waals surface area contributed by atoms with Gasteiger partial charge in [-0.15, -0.1) is 12.4 Å². The zero-order chi connectivity index (χ0) is 11.0. The summed E-state index contributed by atoms with van der Waals surface area (Å²) in [5.74, 6) is 1.00. The Balaban J connectivity index is 0.00000108. The van der Waals surface area contributed by atoms with Crippen molar-refractivity contribution >= 4 is 12.4 Å². The van der Waals surface area contributed by atoms with Crippen LogP contribution in [0.2, 0.25) is 0 Å². The van der Waals surface area contributed by atoms with Gasteiger partial charge >= 0.3 is 0 Å². The molecule has 3 nitrogen and oxygen atoms in total. The van der Waals surface area contributed by atoms with Crippen LogP contribution in [-0.2, 0) is 17.6 Å². The molecule has 0 aromatic heterocycles. The topological polar surface area (TPSA) is 30.5 Å². The van der Waals surface area contributed by atoms with E-state index in [9.17, 15) is 0 Å². The van der Waals surface area contributed by atoms with Crippen LogP contribution in [-0.4, -0.2) is 32.4 Å². The second-order valence-electron chi connectivity index (χ2n) is 4.48. The third kappa shape index (κ3) is 2.28. The quantitative estimate of drug-likeness (QED) is 0.827. The minimum Gasteiger partial charge on any atom is -0.496 e. The molecule has 1 aliphatic heterocycles. The van der Waals surface area contributed by atoms with Crippen LogP contribution in [0.3, 0.4) is 0 Å². The Bertz CT molecular complexity index is 397. The predicted octanol–water partition coefficient (Wildman–Crippen LogP) is 1.57. The first-order valence-corrected chi connectivity index (χ1v) is 5.88. The molecule has 0 saturated carbocycles. The average Bonchev–Trinajstić information content (AvgIpc) is 2.35. The van der Waals surface area contributed by atoms with Crippen molar-refractivity contribution in [1.82, 2.24) is 5.32 Å². The lowest BCUT2D eigenvalue weighted by atomic mass is 9.85. The maximum atomic E-state index is 5.82. The van der Waals surface area contributed by atoms with E-state index in [2.05, 4.69) is 17.4 Å². The van der Waals surface area contributed by atoms with Gasteiger partial charge in [0.2, 0.25) is 0 Å². The number of hydrogen-bond donors (Lipinski definition) is 1. The van der Waals surface area contributed by atoms with Gasteiger partial charge in [0.05, 0.1) is 19.8 Å². The Kier molecular flexibility index (Phi) is 3.92. The SMILES string of the molecule is COc1cccc2c1C[C@@H]1OCCN[C@H]1C2.Cl. The standard InChI is InChI=1S/C13H17NO2.ClH/c1-15-12-4-2-3-9-7-11-13(8-10(9)12)16-6-5-14-11;/h2-4,11,13-14H,5-8H2,1H3;1H/t11-,13-;/m0./s1. The minimum absolute atomic E-state index is 0. The molecule has 2 aliphatic rings. The molecule has 1 aromatic carbocycles. The molecule has 0 radical (unpaired) electrons. The maximum Gasteiger partial charge on any atom is 0.122 e. The van der Waals surface area contributed by atoms with Crippen molar-refractivity contribution in [3.05, 3.63) is 29.3 Å². The molecule has 0 spiro atoms. The highest BCUT2D eigenvalue weighted by Crippen LogP contribution is 2.31. The number of morpholine rings is 1. The van der Waals surface area contributed by atoms with Crippen molar-refractivity contribution in [1.29, 1.82) is 0 Å². The van der Waals surface area contributed by atoms with E-state index in [1.165, 1.54) is 11.1 Å². The van der Waals surface area contributed by atoms with Crippen molar-refractivity contribution in [3.63, 3.8) is 0 Å². The summed E-state index contributed by atoms with van der Waals surface area (Å²) in [7, 11) is 1.74. The van der Waals surface area contributed by atoms with Gasteiger partial charge in [-0.3, -0.25) is 0 Å². The average molecular weight is 256 g/mol. The van der Waals surface area contributed by atoms with Crippen LogP contribution in [0.1, 0.15) is 11.1 Å². The molecule has 1 aliphatic carbocycles. The lowest BCUT2D eigenvalue weighted by Gasteiger charge is -2.37. The van der Waals surface area contributed by atoms with E-state index in [1.54, 1.807) is 7.11 Å². The lowest BCUT2D eigenvalue weighted by Crippen LogP contribution is -2.52. The van der Waals surface area contributed by atoms with E-state index < -0.39 is 0 Å². The highest BCUT2D eigenvalue weighted by Gasteiger charge is 2.32. The van der Waals surface area contributed by atoms with E-state index in [0.717, 1.165) is 31.7 Å². The van der Waals surface area contributed by atoms with Crippen molar-refractivity contribution < 1.29 is 9.47 Å². The summed E-state index contributed by atoms with van der Waals surface area (Å²) in [6.45, 7) is 1.80. The molecule has 1 aromatic rings. The van der Waals surface area contributed by atoms with Crippen LogP contribution in [0, 0.1) is 0 Å². The molecule has 3 rings (SSSR count). The van der Waals surface area contributed by atoms with Crippen LogP contribution in [0.15, 0.2) is 18.2 Å². The molecule has 0 bridgehead atoms. The van der Waals surface area contributed by atoms with E-state index in [4.69, 9.17) is 9.47 Å². The molecule has 2 atom stereocenters. The van der Waals surface area contributed by atoms with Crippen LogP contribution >= 0.6 is 12.4 Å². The van der Waals surface area contributed by atoms with E-state index in [1.807, 2.05) is 6.07 Å². The van der Waals surface area contributed by atoms with Gasteiger partial charge in [0.1, 0.15) is 5.75 Å². The molecule has 1 N–H and O–H groups in total. The van der Waals surface area contributed by atoms with Gasteiger partial charge in [-0.25, -0.2) is 0 Å². The second-order valence-corrected chi connectivity index (χ2v) is 4.48. The van der Waals surface area contributed by atoms with Crippen molar-refractivity contribution in [2.45, 2.75) is 25.0 Å². The fourth-order valence-electron chi connectivity index (χ4n) is 2.77. The van der Waals surface area contributed by atoms with Gasteiger partial charge in [-0.1, -0.05) is 12.1 Å². The predicted molar refractivity (Wildman–Crippen MR) is 69.2 cm³/mol. The fraction of sp³-hybridized carbons (Fsp3) is 0.538. The Hall–Kier alpha value is -0.770. The highest BCUT2D eigenvalue weighted by atomic mass is 35.5. The van der Waals surface area contributed by atoms with Crippen LogP contribution < -0.4 is 10.1 Å². The van der Waals surface area contributed by atoms with Gasteiger partial charge in [-0.2, -0.15) is 0 Å². The first kappa shape index (κ1) is 12.7. The molecule has 4 heteroatoms. The van der Waals surface area contributed by atoms with Gasteiger partial charge in [0.15, 0.2) is 0 Å². The second kappa shape index (κ2) is 5.25. The highest BCUT2D eigenvalue weighted by molar-refractivity contribution is 5.85. The van der Waals surface area contributed by atoms with E-state index in [0.29, 0.717) is 12.1 Å². The van der Waals surface area contributed by atoms with Crippen molar-refractivity contribution in [2.75, 3.05) is 20.3 Å². The van der Waals surface area contributed by atoms with Crippen LogP contribution in [0.5, 0.6) is 5.75 Å². The molecule has 1 saturated heterocycles. The number of hydrogen-bond acceptors (Lipinski definition) is 3. The van der Waals surface area contributed by atoms with Gasteiger partial charge in [-0.05, 0) is 23.6 Å². The number of nitrogens with one attached hydrogen (secondary N) is 1. The van der Waals surface area contributed by atoms with E-state index in [-0.39, 0.29) is 12.4 Å². The van der Waals surface area contributed by atoms with Crippen molar-refractivity contribution in [3.8, 4) is 5.75 Å². The molecule has 0 unspecified atom stereocenters. The van der Waals surface area contributed by atoms with Crippen LogP contribution in [0.4, 0.5) is 0 Å². The van der Waals surface area contributed by atoms with Crippen LogP contribution in [0.25, 0.3) is 0 Å². The lowest BCUT2D eigenvalue weighted by molar-refractivity contribution is -0.00773. The number of fused-ring (bicyclic) bond motifs is 2. The summed E-state index contributed by atoms with van der Waals surface area (Å²) >= 11 is 0. The molecule has 17 heavy (non-hydrogen) atoms. The smallest absolute Gasteiger partial charge is 0.122 e. The Morgan fingerprint density at radius 1 is 1.35 bits per heavy atom. The molecule has 1 heterocycles.